The fourth-order valence-electron chi connectivity index (χ4n) is 0.791. The van der Waals surface area contributed by atoms with Gasteiger partial charge in [0.2, 0.25) is 0 Å². The van der Waals surface area contributed by atoms with Crippen LogP contribution < -0.4 is 0 Å². The van der Waals surface area contributed by atoms with Crippen LogP contribution in [0.2, 0.25) is 0 Å². The van der Waals surface area contributed by atoms with E-state index in [0.717, 1.165) is 13.2 Å². The van der Waals surface area contributed by atoms with Gasteiger partial charge in [0.1, 0.15) is 0 Å². The van der Waals surface area contributed by atoms with Crippen LogP contribution in [0, 0.1) is 0 Å². The molecule has 24 heavy (non-hydrogen) atoms. The molecule has 0 aromatic heterocycles. The van der Waals surface area contributed by atoms with Crippen molar-refractivity contribution in [2.75, 3.05) is 73.2 Å². The monoisotopic (exact) mass is 358 g/mol. The molecule has 0 heterocycles. The summed E-state index contributed by atoms with van der Waals surface area (Å²) < 4.78 is 19.1. The minimum Gasteiger partial charge on any atom is -0.505 e. The van der Waals surface area contributed by atoms with E-state index in [2.05, 4.69) is 4.74 Å². The summed E-state index contributed by atoms with van der Waals surface area (Å²) in [6, 6.07) is 0. The van der Waals surface area contributed by atoms with E-state index in [1.54, 1.807) is 13.4 Å². The Morgan fingerprint density at radius 1 is 0.667 bits per heavy atom. The van der Waals surface area contributed by atoms with Crippen molar-refractivity contribution in [1.29, 1.82) is 0 Å². The van der Waals surface area contributed by atoms with E-state index < -0.39 is 0 Å². The quantitative estimate of drug-likeness (QED) is 0.305. The Morgan fingerprint density at radius 2 is 1.08 bits per heavy atom. The lowest BCUT2D eigenvalue weighted by Gasteiger charge is -2.01. The Kier molecular flexibility index (Phi) is 55.9. The van der Waals surface area contributed by atoms with E-state index in [9.17, 15) is 0 Å². The van der Waals surface area contributed by atoms with Gasteiger partial charge in [-0.3, -0.25) is 0 Å². The highest BCUT2D eigenvalue weighted by molar-refractivity contribution is 4.63. The smallest absolute Gasteiger partial charge is 0.0781 e. The number of rotatable bonds is 11. The molecular formula is C16H38O8. The van der Waals surface area contributed by atoms with E-state index in [1.807, 2.05) is 26.8 Å². The van der Waals surface area contributed by atoms with Gasteiger partial charge in [-0.05, 0) is 20.8 Å². The number of hydrogen-bond acceptors (Lipinski definition) is 8. The first kappa shape index (κ1) is 31.1. The molecule has 0 aliphatic rings. The second kappa shape index (κ2) is 43.2. The molecular weight excluding hydrogens is 320 g/mol. The predicted molar refractivity (Wildman–Crippen MR) is 94.0 cm³/mol. The highest BCUT2D eigenvalue weighted by atomic mass is 16.5. The van der Waals surface area contributed by atoms with Crippen LogP contribution in [-0.4, -0.2) is 93.6 Å². The lowest BCUT2D eigenvalue weighted by Crippen LogP contribution is -2.09. The van der Waals surface area contributed by atoms with Gasteiger partial charge >= 0.3 is 0 Å². The number of methoxy groups -OCH3 is 1. The largest absolute Gasteiger partial charge is 0.505 e. The first-order valence-electron chi connectivity index (χ1n) is 7.97. The molecule has 0 amide bonds. The molecule has 150 valence electrons. The maximum Gasteiger partial charge on any atom is 0.0781 e. The highest BCUT2D eigenvalue weighted by Gasteiger charge is 1.86. The average molecular weight is 358 g/mol. The van der Waals surface area contributed by atoms with E-state index in [1.165, 1.54) is 0 Å². The van der Waals surface area contributed by atoms with Gasteiger partial charge in [-0.25, -0.2) is 0 Å². The van der Waals surface area contributed by atoms with Crippen LogP contribution in [0.3, 0.4) is 0 Å². The summed E-state index contributed by atoms with van der Waals surface area (Å²) in [5.41, 5.74) is 0. The summed E-state index contributed by atoms with van der Waals surface area (Å²) in [5.74, 6) is 0. The topological polar surface area (TPSA) is 118 Å². The first-order chi connectivity index (χ1) is 11.7. The lowest BCUT2D eigenvalue weighted by atomic mass is 10.7. The molecule has 4 N–H and O–H groups in total. The van der Waals surface area contributed by atoms with Gasteiger partial charge in [0.25, 0.3) is 0 Å². The highest BCUT2D eigenvalue weighted by Crippen LogP contribution is 1.76. The molecule has 0 aliphatic heterocycles. The van der Waals surface area contributed by atoms with Crippen LogP contribution >= 0.6 is 0 Å². The number of aliphatic hydroxyl groups is 4. The third-order valence-electron chi connectivity index (χ3n) is 1.62. The Hall–Kier alpha value is -0.740. The summed E-state index contributed by atoms with van der Waals surface area (Å²) in [4.78, 5) is 0. The Morgan fingerprint density at radius 3 is 1.21 bits per heavy atom. The van der Waals surface area contributed by atoms with Crippen molar-refractivity contribution in [2.24, 2.45) is 0 Å². The zero-order valence-corrected chi connectivity index (χ0v) is 15.6. The third-order valence-corrected chi connectivity index (χ3v) is 1.62. The van der Waals surface area contributed by atoms with Crippen molar-refractivity contribution in [3.05, 3.63) is 12.3 Å². The molecule has 0 aromatic rings. The van der Waals surface area contributed by atoms with Crippen LogP contribution in [-0.2, 0) is 18.9 Å². The zero-order chi connectivity index (χ0) is 19.3. The van der Waals surface area contributed by atoms with Crippen LogP contribution in [0.1, 0.15) is 20.8 Å². The Bertz CT molecular complexity index is 167. The number of hydrogen-bond donors (Lipinski definition) is 4. The molecule has 8 heteroatoms. The molecule has 0 aliphatic carbocycles. The molecule has 0 rings (SSSR count). The van der Waals surface area contributed by atoms with Gasteiger partial charge in [-0.2, -0.15) is 0 Å². The van der Waals surface area contributed by atoms with Gasteiger partial charge < -0.3 is 39.4 Å². The van der Waals surface area contributed by atoms with Crippen molar-refractivity contribution >= 4 is 0 Å². The predicted octanol–water partition coefficient (Wildman–Crippen LogP) is 0.184. The number of allylic oxidation sites excluding steroid dienone is 1. The van der Waals surface area contributed by atoms with Crippen LogP contribution in [0.15, 0.2) is 12.3 Å². The molecule has 0 radical (unpaired) electrons. The fraction of sp³-hybridized carbons (Fsp3) is 0.875. The van der Waals surface area contributed by atoms with E-state index in [-0.39, 0.29) is 26.4 Å². The third kappa shape index (κ3) is 68.8. The van der Waals surface area contributed by atoms with Gasteiger partial charge in [-0.15, -0.1) is 0 Å². The maximum atomic E-state index is 8.26. The Labute approximate surface area is 146 Å². The van der Waals surface area contributed by atoms with Gasteiger partial charge in [-0.1, -0.05) is 6.08 Å². The van der Waals surface area contributed by atoms with Crippen molar-refractivity contribution in [3.63, 3.8) is 0 Å². The van der Waals surface area contributed by atoms with Crippen molar-refractivity contribution < 1.29 is 39.4 Å². The van der Waals surface area contributed by atoms with Crippen LogP contribution in [0.4, 0.5) is 0 Å². The number of aliphatic hydroxyl groups excluding tert-OH is 4. The Balaban J connectivity index is -0.000000121. The molecule has 0 spiro atoms. The van der Waals surface area contributed by atoms with Crippen LogP contribution in [0.25, 0.3) is 0 Å². The minimum absolute atomic E-state index is 0.0417. The van der Waals surface area contributed by atoms with E-state index in [0.29, 0.717) is 26.4 Å². The number of ether oxygens (including phenoxy) is 4. The summed E-state index contributed by atoms with van der Waals surface area (Å²) in [6.07, 6.45) is 3.46. The molecule has 0 bridgehead atoms. The van der Waals surface area contributed by atoms with Gasteiger partial charge in [0.15, 0.2) is 0 Å². The SMILES string of the molecule is C/C=C/OC.CCOCC.OCCO.OCCOCCOCCO. The molecule has 0 unspecified atom stereocenters. The molecule has 0 saturated carbocycles. The molecule has 0 fully saturated rings. The second-order valence-electron chi connectivity index (χ2n) is 3.61. The maximum absolute atomic E-state index is 8.26. The van der Waals surface area contributed by atoms with Crippen molar-refractivity contribution in [1.82, 2.24) is 0 Å². The van der Waals surface area contributed by atoms with Gasteiger partial charge in [0.05, 0.1) is 66.2 Å². The summed E-state index contributed by atoms with van der Waals surface area (Å²) in [6.45, 7) is 9.05. The summed E-state index contributed by atoms with van der Waals surface area (Å²) in [5, 5.41) is 31.8. The summed E-state index contributed by atoms with van der Waals surface area (Å²) >= 11 is 0. The van der Waals surface area contributed by atoms with E-state index >= 15 is 0 Å². The lowest BCUT2D eigenvalue weighted by molar-refractivity contribution is 0.0222. The van der Waals surface area contributed by atoms with Crippen LogP contribution in [0.5, 0.6) is 0 Å². The zero-order valence-electron chi connectivity index (χ0n) is 15.6. The minimum atomic E-state index is -0.125. The normalized spacial score (nSPS) is 9.17. The molecule has 0 aromatic carbocycles. The van der Waals surface area contributed by atoms with E-state index in [4.69, 9.17) is 34.6 Å². The summed E-state index contributed by atoms with van der Waals surface area (Å²) in [7, 11) is 1.62. The first-order valence-corrected chi connectivity index (χ1v) is 7.97. The van der Waals surface area contributed by atoms with Crippen molar-refractivity contribution in [3.8, 4) is 0 Å². The second-order valence-corrected chi connectivity index (χ2v) is 3.61. The standard InChI is InChI=1S/C6H14O4.C4H8O.C4H10O.C2H6O2/c7-1-3-9-5-6-10-4-2-8;1-3-4-5-2;1-3-5-4-2;3-1-2-4/h7-8H,1-6H2;3-4H,1-2H3;3-4H2,1-2H3;3-4H,1-2H2/b;4-3+;;. The molecule has 0 atom stereocenters. The van der Waals surface area contributed by atoms with Crippen molar-refractivity contribution in [2.45, 2.75) is 20.8 Å². The molecule has 0 saturated heterocycles. The fourth-order valence-corrected chi connectivity index (χ4v) is 0.791. The average Bonchev–Trinajstić information content (AvgIpc) is 2.61. The van der Waals surface area contributed by atoms with Gasteiger partial charge in [0, 0.05) is 13.2 Å². The molecule has 8 nitrogen and oxygen atoms in total.